The van der Waals surface area contributed by atoms with Crippen LogP contribution in [0, 0.1) is 0 Å². The van der Waals surface area contributed by atoms with Gasteiger partial charge in [-0.15, -0.1) is 0 Å². The summed E-state index contributed by atoms with van der Waals surface area (Å²) in [6.45, 7) is -0.521. The zero-order chi connectivity index (χ0) is 9.47. The maximum atomic E-state index is 12.5. The van der Waals surface area contributed by atoms with Crippen molar-refractivity contribution in [2.45, 2.75) is 5.92 Å². The molecule has 0 aromatic carbocycles. The van der Waals surface area contributed by atoms with Crippen molar-refractivity contribution in [3.8, 4) is 0 Å². The number of halogens is 2. The molecule has 2 heterocycles. The van der Waals surface area contributed by atoms with Crippen LogP contribution < -0.4 is 10.6 Å². The van der Waals surface area contributed by atoms with Crippen LogP contribution in [0.1, 0.15) is 0 Å². The Bertz CT molecular complexity index is 319. The molecule has 2 N–H and O–H groups in total. The van der Waals surface area contributed by atoms with Gasteiger partial charge in [-0.3, -0.25) is 0 Å². The zero-order valence-corrected chi connectivity index (χ0v) is 6.87. The van der Waals surface area contributed by atoms with E-state index in [4.69, 9.17) is 5.73 Å². The summed E-state index contributed by atoms with van der Waals surface area (Å²) < 4.78 is 24.9. The number of pyridine rings is 1. The summed E-state index contributed by atoms with van der Waals surface area (Å²) in [5.74, 6) is -1.69. The largest absolute Gasteiger partial charge is 0.384 e. The molecule has 1 aliphatic rings. The van der Waals surface area contributed by atoms with E-state index in [-0.39, 0.29) is 13.1 Å². The molecular formula is C8H9F2N3. The molecule has 1 aromatic rings. The predicted octanol–water partition coefficient (Wildman–Crippen LogP) is 1.12. The topological polar surface area (TPSA) is 42.1 Å². The van der Waals surface area contributed by atoms with Gasteiger partial charge in [-0.1, -0.05) is 6.07 Å². The Kier molecular flexibility index (Phi) is 1.61. The first-order valence-electron chi connectivity index (χ1n) is 3.92. The second kappa shape index (κ2) is 2.55. The van der Waals surface area contributed by atoms with Gasteiger partial charge in [0.15, 0.2) is 0 Å². The SMILES string of the molecule is Nc1cccc(N2CC(F)(F)C2)n1. The van der Waals surface area contributed by atoms with Gasteiger partial charge in [0.2, 0.25) is 0 Å². The van der Waals surface area contributed by atoms with Crippen LogP contribution in [0.15, 0.2) is 18.2 Å². The normalized spacial score (nSPS) is 19.7. The monoisotopic (exact) mass is 185 g/mol. The van der Waals surface area contributed by atoms with Crippen molar-refractivity contribution < 1.29 is 8.78 Å². The van der Waals surface area contributed by atoms with Crippen LogP contribution in [0.2, 0.25) is 0 Å². The Labute approximate surface area is 74.2 Å². The minimum atomic E-state index is -2.56. The van der Waals surface area contributed by atoms with Crippen molar-refractivity contribution >= 4 is 11.6 Å². The zero-order valence-electron chi connectivity index (χ0n) is 6.87. The number of aromatic nitrogens is 1. The highest BCUT2D eigenvalue weighted by molar-refractivity contribution is 5.47. The molecule has 0 unspecified atom stereocenters. The first-order chi connectivity index (χ1) is 6.07. The molecule has 3 nitrogen and oxygen atoms in total. The van der Waals surface area contributed by atoms with Gasteiger partial charge in [0, 0.05) is 0 Å². The summed E-state index contributed by atoms with van der Waals surface area (Å²) in [5.41, 5.74) is 5.42. The highest BCUT2D eigenvalue weighted by Crippen LogP contribution is 2.30. The third-order valence-electron chi connectivity index (χ3n) is 1.92. The summed E-state index contributed by atoms with van der Waals surface area (Å²) in [6, 6.07) is 5.00. The average molecular weight is 185 g/mol. The third kappa shape index (κ3) is 1.54. The van der Waals surface area contributed by atoms with Crippen LogP contribution in [0.25, 0.3) is 0 Å². The van der Waals surface area contributed by atoms with Crippen LogP contribution in [0.4, 0.5) is 20.4 Å². The highest BCUT2D eigenvalue weighted by Gasteiger charge is 2.44. The highest BCUT2D eigenvalue weighted by atomic mass is 19.3. The van der Waals surface area contributed by atoms with E-state index in [9.17, 15) is 8.78 Å². The molecule has 2 rings (SSSR count). The van der Waals surface area contributed by atoms with Crippen LogP contribution in [-0.2, 0) is 0 Å². The Morgan fingerprint density at radius 2 is 2.08 bits per heavy atom. The number of hydrogen-bond acceptors (Lipinski definition) is 3. The van der Waals surface area contributed by atoms with Gasteiger partial charge < -0.3 is 10.6 Å². The molecule has 0 bridgehead atoms. The first-order valence-corrected chi connectivity index (χ1v) is 3.92. The van der Waals surface area contributed by atoms with Crippen molar-refractivity contribution in [3.63, 3.8) is 0 Å². The van der Waals surface area contributed by atoms with Gasteiger partial charge in [-0.2, -0.15) is 0 Å². The van der Waals surface area contributed by atoms with E-state index in [2.05, 4.69) is 4.98 Å². The van der Waals surface area contributed by atoms with E-state index in [0.29, 0.717) is 11.6 Å². The molecule has 0 aliphatic carbocycles. The van der Waals surface area contributed by atoms with Crippen LogP contribution >= 0.6 is 0 Å². The lowest BCUT2D eigenvalue weighted by molar-refractivity contribution is -0.0266. The Morgan fingerprint density at radius 3 is 2.62 bits per heavy atom. The van der Waals surface area contributed by atoms with E-state index in [1.165, 1.54) is 4.90 Å². The molecule has 0 radical (unpaired) electrons. The molecule has 0 atom stereocenters. The molecule has 0 saturated carbocycles. The summed E-state index contributed by atoms with van der Waals surface area (Å²) in [7, 11) is 0. The van der Waals surface area contributed by atoms with Gasteiger partial charge in [0.1, 0.15) is 11.6 Å². The summed E-state index contributed by atoms with van der Waals surface area (Å²) in [4.78, 5) is 5.43. The number of rotatable bonds is 1. The van der Waals surface area contributed by atoms with Crippen LogP contribution in [0.5, 0.6) is 0 Å². The minimum absolute atomic E-state index is 0.260. The number of anilines is 2. The lowest BCUT2D eigenvalue weighted by atomic mass is 10.1. The predicted molar refractivity (Wildman–Crippen MR) is 45.8 cm³/mol. The number of alkyl halides is 2. The molecule has 1 aliphatic heterocycles. The molecular weight excluding hydrogens is 176 g/mol. The van der Waals surface area contributed by atoms with Gasteiger partial charge in [0.05, 0.1) is 13.1 Å². The second-order valence-corrected chi connectivity index (χ2v) is 3.13. The first kappa shape index (κ1) is 8.22. The number of nitrogen functional groups attached to an aromatic ring is 1. The van der Waals surface area contributed by atoms with Gasteiger partial charge in [-0.05, 0) is 12.1 Å². The standard InChI is InChI=1S/C8H9F2N3/c9-8(10)4-13(5-8)7-3-1-2-6(11)12-7/h1-3H,4-5H2,(H2,11,12). The average Bonchev–Trinajstić information content (AvgIpc) is 2.00. The Morgan fingerprint density at radius 1 is 1.38 bits per heavy atom. The van der Waals surface area contributed by atoms with Crippen molar-refractivity contribution in [2.24, 2.45) is 0 Å². The lowest BCUT2D eigenvalue weighted by Crippen LogP contribution is -2.56. The smallest absolute Gasteiger partial charge is 0.282 e. The number of hydrogen-bond donors (Lipinski definition) is 1. The van der Waals surface area contributed by atoms with Gasteiger partial charge in [0.25, 0.3) is 5.92 Å². The van der Waals surface area contributed by atoms with Crippen LogP contribution in [-0.4, -0.2) is 24.0 Å². The van der Waals surface area contributed by atoms with Gasteiger partial charge >= 0.3 is 0 Å². The molecule has 13 heavy (non-hydrogen) atoms. The molecule has 70 valence electrons. The third-order valence-corrected chi connectivity index (χ3v) is 1.92. The molecule has 0 spiro atoms. The van der Waals surface area contributed by atoms with Crippen molar-refractivity contribution in [1.82, 2.24) is 4.98 Å². The minimum Gasteiger partial charge on any atom is -0.384 e. The molecule has 1 fully saturated rings. The summed E-state index contributed by atoms with van der Waals surface area (Å²) in [6.07, 6.45) is 0. The van der Waals surface area contributed by atoms with Crippen molar-refractivity contribution in [1.29, 1.82) is 0 Å². The Hall–Kier alpha value is -1.39. The van der Waals surface area contributed by atoms with E-state index in [1.807, 2.05) is 0 Å². The fourth-order valence-electron chi connectivity index (χ4n) is 1.29. The van der Waals surface area contributed by atoms with Crippen LogP contribution in [0.3, 0.4) is 0 Å². The van der Waals surface area contributed by atoms with E-state index in [1.54, 1.807) is 18.2 Å². The maximum absolute atomic E-state index is 12.5. The summed E-state index contributed by atoms with van der Waals surface area (Å²) >= 11 is 0. The second-order valence-electron chi connectivity index (χ2n) is 3.13. The molecule has 1 aromatic heterocycles. The molecule has 1 saturated heterocycles. The van der Waals surface area contributed by atoms with Crippen molar-refractivity contribution in [3.05, 3.63) is 18.2 Å². The maximum Gasteiger partial charge on any atom is 0.282 e. The van der Waals surface area contributed by atoms with Gasteiger partial charge in [-0.25, -0.2) is 13.8 Å². The fourth-order valence-corrected chi connectivity index (χ4v) is 1.29. The fraction of sp³-hybridized carbons (Fsp3) is 0.375. The van der Waals surface area contributed by atoms with Crippen molar-refractivity contribution in [2.75, 3.05) is 23.7 Å². The molecule has 0 amide bonds. The van der Waals surface area contributed by atoms with E-state index < -0.39 is 5.92 Å². The molecule has 5 heteroatoms. The van der Waals surface area contributed by atoms with E-state index in [0.717, 1.165) is 0 Å². The summed E-state index contributed by atoms with van der Waals surface area (Å²) in [5, 5.41) is 0. The quantitative estimate of drug-likeness (QED) is 0.712. The Balaban J connectivity index is 2.11. The van der Waals surface area contributed by atoms with E-state index >= 15 is 0 Å². The number of nitrogens with zero attached hydrogens (tertiary/aromatic N) is 2. The lowest BCUT2D eigenvalue weighted by Gasteiger charge is -2.39. The number of nitrogens with two attached hydrogens (primary N) is 1.